The fourth-order valence-corrected chi connectivity index (χ4v) is 4.25. The first-order chi connectivity index (χ1) is 12.7. The molecule has 4 nitrogen and oxygen atoms in total. The summed E-state index contributed by atoms with van der Waals surface area (Å²) in [6.07, 6.45) is 3.38. The maximum absolute atomic E-state index is 12.8. The van der Waals surface area contributed by atoms with Crippen LogP contribution in [0.15, 0.2) is 60.7 Å². The Labute approximate surface area is 159 Å². The molecule has 1 aliphatic rings. The molecule has 1 heterocycles. The summed E-state index contributed by atoms with van der Waals surface area (Å²) in [5.74, 6) is -0.0983. The first-order valence-corrected chi connectivity index (χ1v) is 10.2. The van der Waals surface area contributed by atoms with Gasteiger partial charge in [-0.15, -0.1) is 11.8 Å². The molecule has 1 aliphatic heterocycles. The topological polar surface area (TPSA) is 49.4 Å². The number of benzene rings is 2. The lowest BCUT2D eigenvalue weighted by Crippen LogP contribution is -2.68. The van der Waals surface area contributed by atoms with Crippen molar-refractivity contribution in [1.29, 1.82) is 0 Å². The number of carbonyl (C=O) groups excluding carboxylic acids is 2. The molecule has 0 radical (unpaired) electrons. The van der Waals surface area contributed by atoms with Crippen molar-refractivity contribution < 1.29 is 9.59 Å². The molecule has 5 heteroatoms. The Morgan fingerprint density at radius 2 is 1.73 bits per heavy atom. The monoisotopic (exact) mass is 368 g/mol. The molecular weight excluding hydrogens is 344 g/mol. The molecule has 0 aliphatic carbocycles. The van der Waals surface area contributed by atoms with Crippen molar-refractivity contribution in [2.24, 2.45) is 0 Å². The second-order valence-corrected chi connectivity index (χ2v) is 7.42. The fourth-order valence-electron chi connectivity index (χ4n) is 3.41. The maximum Gasteiger partial charge on any atom is 0.324 e. The van der Waals surface area contributed by atoms with Gasteiger partial charge < -0.3 is 5.32 Å². The highest BCUT2D eigenvalue weighted by Crippen LogP contribution is 2.32. The number of β-lactam (4-membered cyclic amide) rings is 1. The van der Waals surface area contributed by atoms with Gasteiger partial charge in [0.05, 0.1) is 12.1 Å². The summed E-state index contributed by atoms with van der Waals surface area (Å²) in [6.45, 7) is 2.03. The van der Waals surface area contributed by atoms with E-state index < -0.39 is 0 Å². The predicted molar refractivity (Wildman–Crippen MR) is 106 cm³/mol. The molecule has 3 atom stereocenters. The van der Waals surface area contributed by atoms with Crippen LogP contribution in [0.25, 0.3) is 0 Å². The average molecular weight is 369 g/mol. The first-order valence-electron chi connectivity index (χ1n) is 8.91. The third kappa shape index (κ3) is 3.78. The van der Waals surface area contributed by atoms with Crippen molar-refractivity contribution in [2.75, 3.05) is 6.26 Å². The van der Waals surface area contributed by atoms with Crippen LogP contribution in [-0.2, 0) is 11.2 Å². The van der Waals surface area contributed by atoms with Crippen LogP contribution in [0.3, 0.4) is 0 Å². The van der Waals surface area contributed by atoms with Gasteiger partial charge in [-0.2, -0.15) is 0 Å². The molecule has 1 saturated heterocycles. The molecule has 2 aromatic carbocycles. The Balaban J connectivity index is 1.73. The minimum Gasteiger partial charge on any atom is -0.331 e. The molecule has 3 amide bonds. The van der Waals surface area contributed by atoms with Crippen LogP contribution in [-0.4, -0.2) is 34.4 Å². The van der Waals surface area contributed by atoms with E-state index in [2.05, 4.69) is 5.32 Å². The van der Waals surface area contributed by atoms with Crippen LogP contribution < -0.4 is 5.32 Å². The minimum atomic E-state index is -0.295. The minimum absolute atomic E-state index is 0.0952. The van der Waals surface area contributed by atoms with Gasteiger partial charge in [0.15, 0.2) is 0 Å². The molecule has 0 unspecified atom stereocenters. The van der Waals surface area contributed by atoms with Gasteiger partial charge in [0.25, 0.3) is 0 Å². The van der Waals surface area contributed by atoms with E-state index in [0.29, 0.717) is 6.42 Å². The zero-order valence-electron chi connectivity index (χ0n) is 15.1. The molecular formula is C21H24N2O2S. The molecule has 1 fully saturated rings. The summed E-state index contributed by atoms with van der Waals surface area (Å²) in [7, 11) is 0. The lowest BCUT2D eigenvalue weighted by molar-refractivity contribution is -0.139. The van der Waals surface area contributed by atoms with E-state index in [-0.39, 0.29) is 29.3 Å². The summed E-state index contributed by atoms with van der Waals surface area (Å²) in [4.78, 5) is 26.7. The van der Waals surface area contributed by atoms with E-state index in [1.165, 1.54) is 16.7 Å². The number of nitrogens with zero attached hydrogens (tertiary/aromatic N) is 1. The second kappa shape index (κ2) is 8.41. The van der Waals surface area contributed by atoms with Gasteiger partial charge in [-0.3, -0.25) is 9.69 Å². The van der Waals surface area contributed by atoms with Gasteiger partial charge in [0, 0.05) is 0 Å². The second-order valence-electron chi connectivity index (χ2n) is 6.44. The van der Waals surface area contributed by atoms with Gasteiger partial charge in [-0.1, -0.05) is 67.6 Å². The zero-order valence-corrected chi connectivity index (χ0v) is 15.9. The largest absolute Gasteiger partial charge is 0.331 e. The Morgan fingerprint density at radius 1 is 1.12 bits per heavy atom. The summed E-state index contributed by atoms with van der Waals surface area (Å²) < 4.78 is 0. The SMILES string of the molecule is CC[C@@H](NC(=O)N1C(=O)[C@@H](SC)[C@@H]1Cc1ccccc1)c1ccccc1. The molecule has 0 saturated carbocycles. The number of rotatable bonds is 6. The van der Waals surface area contributed by atoms with E-state index in [1.54, 1.807) is 0 Å². The molecule has 26 heavy (non-hydrogen) atoms. The quantitative estimate of drug-likeness (QED) is 0.783. The van der Waals surface area contributed by atoms with E-state index >= 15 is 0 Å². The number of thioether (sulfide) groups is 1. The predicted octanol–water partition coefficient (Wildman–Crippen LogP) is 4.03. The van der Waals surface area contributed by atoms with Crippen molar-refractivity contribution in [1.82, 2.24) is 10.2 Å². The first kappa shape index (κ1) is 18.5. The highest BCUT2D eigenvalue weighted by atomic mass is 32.2. The van der Waals surface area contributed by atoms with E-state index in [1.807, 2.05) is 73.8 Å². The molecule has 3 rings (SSSR count). The molecule has 0 aromatic heterocycles. The number of hydrogen-bond donors (Lipinski definition) is 1. The van der Waals surface area contributed by atoms with E-state index in [0.717, 1.165) is 17.5 Å². The highest BCUT2D eigenvalue weighted by molar-refractivity contribution is 8.00. The van der Waals surface area contributed by atoms with Gasteiger partial charge in [-0.05, 0) is 30.2 Å². The standard InChI is InChI=1S/C21H24N2O2S/c1-3-17(16-12-8-5-9-13-16)22-21(25)23-18(19(26-2)20(23)24)14-15-10-6-4-7-11-15/h4-13,17-19H,3,14H2,1-2H3,(H,22,25)/t17-,18+,19+/m1/s1. The van der Waals surface area contributed by atoms with Crippen molar-refractivity contribution >= 4 is 23.7 Å². The van der Waals surface area contributed by atoms with Gasteiger partial charge >= 0.3 is 6.03 Å². The molecule has 1 N–H and O–H groups in total. The van der Waals surface area contributed by atoms with E-state index in [4.69, 9.17) is 0 Å². The number of carbonyl (C=O) groups is 2. The average Bonchev–Trinajstić information content (AvgIpc) is 2.67. The third-order valence-electron chi connectivity index (χ3n) is 4.83. The zero-order chi connectivity index (χ0) is 18.5. The van der Waals surface area contributed by atoms with Crippen molar-refractivity contribution in [3.05, 3.63) is 71.8 Å². The smallest absolute Gasteiger partial charge is 0.324 e. The number of amides is 3. The summed E-state index contributed by atoms with van der Waals surface area (Å²) in [5.41, 5.74) is 2.19. The lowest BCUT2D eigenvalue weighted by atomic mass is 9.94. The highest BCUT2D eigenvalue weighted by Gasteiger charge is 2.50. The number of urea groups is 1. The number of imide groups is 1. The number of hydrogen-bond acceptors (Lipinski definition) is 3. The molecule has 136 valence electrons. The summed E-state index contributed by atoms with van der Waals surface area (Å²) in [5, 5.41) is 2.88. The maximum atomic E-state index is 12.8. The van der Waals surface area contributed by atoms with Crippen molar-refractivity contribution in [2.45, 2.75) is 37.1 Å². The van der Waals surface area contributed by atoms with Crippen LogP contribution in [0.5, 0.6) is 0 Å². The third-order valence-corrected chi connectivity index (χ3v) is 5.85. The molecule has 2 aromatic rings. The van der Waals surface area contributed by atoms with Crippen LogP contribution in [0, 0.1) is 0 Å². The van der Waals surface area contributed by atoms with Crippen molar-refractivity contribution in [3.8, 4) is 0 Å². The normalized spacial score (nSPS) is 20.4. The summed E-state index contributed by atoms with van der Waals surface area (Å²) >= 11 is 1.52. The van der Waals surface area contributed by atoms with Crippen LogP contribution in [0.1, 0.15) is 30.5 Å². The summed E-state index contributed by atoms with van der Waals surface area (Å²) in [6, 6.07) is 19.4. The van der Waals surface area contributed by atoms with Gasteiger partial charge in [0.1, 0.15) is 5.25 Å². The van der Waals surface area contributed by atoms with Crippen molar-refractivity contribution in [3.63, 3.8) is 0 Å². The lowest BCUT2D eigenvalue weighted by Gasteiger charge is -2.45. The fraction of sp³-hybridized carbons (Fsp3) is 0.333. The Kier molecular flexibility index (Phi) is 5.99. The Hall–Kier alpha value is -2.27. The Morgan fingerprint density at radius 3 is 2.31 bits per heavy atom. The molecule has 0 bridgehead atoms. The Bertz CT molecular complexity index is 751. The van der Waals surface area contributed by atoms with Gasteiger partial charge in [-0.25, -0.2) is 4.79 Å². The number of nitrogens with one attached hydrogen (secondary N) is 1. The van der Waals surface area contributed by atoms with Crippen LogP contribution >= 0.6 is 11.8 Å². The van der Waals surface area contributed by atoms with E-state index in [9.17, 15) is 9.59 Å². The van der Waals surface area contributed by atoms with Gasteiger partial charge in [0.2, 0.25) is 5.91 Å². The molecule has 0 spiro atoms. The van der Waals surface area contributed by atoms with Crippen LogP contribution in [0.2, 0.25) is 0 Å². The van der Waals surface area contributed by atoms with Crippen LogP contribution in [0.4, 0.5) is 4.79 Å². The number of likely N-dealkylation sites (tertiary alicyclic amines) is 1.